The average molecular weight is 213 g/mol. The van der Waals surface area contributed by atoms with Crippen LogP contribution >= 0.6 is 11.6 Å². The van der Waals surface area contributed by atoms with Crippen LogP contribution in [0, 0.1) is 0 Å². The number of nitrogens with one attached hydrogen (secondary N) is 1. The topological polar surface area (TPSA) is 38.0 Å². The van der Waals surface area contributed by atoms with Crippen molar-refractivity contribution in [1.82, 2.24) is 0 Å². The molecule has 1 aromatic rings. The van der Waals surface area contributed by atoms with Gasteiger partial charge in [-0.2, -0.15) is 0 Å². The van der Waals surface area contributed by atoms with E-state index in [0.29, 0.717) is 10.7 Å². The standard InChI is InChI=1S/C11H17ClN2/c1-2-3-4-8-14-10-7-5-6-9(12)11(10)13/h5-7,14H,2-4,8,13H2,1H3. The van der Waals surface area contributed by atoms with Crippen LogP contribution in [0.1, 0.15) is 26.2 Å². The molecule has 3 N–H and O–H groups in total. The molecule has 14 heavy (non-hydrogen) atoms. The lowest BCUT2D eigenvalue weighted by molar-refractivity contribution is 0.744. The number of nitrogens with two attached hydrogens (primary N) is 1. The lowest BCUT2D eigenvalue weighted by Crippen LogP contribution is -2.04. The van der Waals surface area contributed by atoms with Crippen molar-refractivity contribution >= 4 is 23.0 Å². The van der Waals surface area contributed by atoms with Gasteiger partial charge in [0.15, 0.2) is 0 Å². The highest BCUT2D eigenvalue weighted by Gasteiger charge is 2.00. The van der Waals surface area contributed by atoms with Crippen molar-refractivity contribution in [2.45, 2.75) is 26.2 Å². The summed E-state index contributed by atoms with van der Waals surface area (Å²) in [5.74, 6) is 0. The van der Waals surface area contributed by atoms with Gasteiger partial charge in [-0.1, -0.05) is 37.4 Å². The molecule has 0 aliphatic carbocycles. The molecule has 0 heterocycles. The van der Waals surface area contributed by atoms with E-state index in [4.69, 9.17) is 17.3 Å². The number of benzene rings is 1. The van der Waals surface area contributed by atoms with Crippen molar-refractivity contribution in [2.75, 3.05) is 17.6 Å². The molecule has 0 saturated carbocycles. The molecule has 0 radical (unpaired) electrons. The summed E-state index contributed by atoms with van der Waals surface area (Å²) in [5, 5.41) is 3.90. The number of anilines is 2. The predicted molar refractivity (Wildman–Crippen MR) is 63.9 cm³/mol. The van der Waals surface area contributed by atoms with Gasteiger partial charge in [0.2, 0.25) is 0 Å². The summed E-state index contributed by atoms with van der Waals surface area (Å²) >= 11 is 5.89. The van der Waals surface area contributed by atoms with Crippen LogP contribution in [0.3, 0.4) is 0 Å². The highest BCUT2D eigenvalue weighted by Crippen LogP contribution is 2.26. The van der Waals surface area contributed by atoms with Gasteiger partial charge in [-0.3, -0.25) is 0 Å². The minimum Gasteiger partial charge on any atom is -0.396 e. The zero-order chi connectivity index (χ0) is 10.4. The van der Waals surface area contributed by atoms with Crippen LogP contribution in [0.15, 0.2) is 18.2 Å². The van der Waals surface area contributed by atoms with E-state index in [2.05, 4.69) is 12.2 Å². The van der Waals surface area contributed by atoms with Crippen molar-refractivity contribution in [3.8, 4) is 0 Å². The maximum atomic E-state index is 5.89. The second kappa shape index (κ2) is 5.76. The van der Waals surface area contributed by atoms with Crippen LogP contribution in [-0.4, -0.2) is 6.54 Å². The molecule has 0 unspecified atom stereocenters. The van der Waals surface area contributed by atoms with Crippen LogP contribution in [0.4, 0.5) is 11.4 Å². The van der Waals surface area contributed by atoms with Gasteiger partial charge in [-0.05, 0) is 18.6 Å². The molecule has 0 aliphatic heterocycles. The fourth-order valence-corrected chi connectivity index (χ4v) is 1.46. The maximum absolute atomic E-state index is 5.89. The van der Waals surface area contributed by atoms with E-state index in [1.165, 1.54) is 19.3 Å². The third kappa shape index (κ3) is 3.11. The van der Waals surface area contributed by atoms with Gasteiger partial charge in [0.25, 0.3) is 0 Å². The van der Waals surface area contributed by atoms with Crippen molar-refractivity contribution in [2.24, 2.45) is 0 Å². The van der Waals surface area contributed by atoms with Crippen molar-refractivity contribution in [3.63, 3.8) is 0 Å². The molecule has 3 heteroatoms. The van der Waals surface area contributed by atoms with E-state index >= 15 is 0 Å². The highest BCUT2D eigenvalue weighted by atomic mass is 35.5. The summed E-state index contributed by atoms with van der Waals surface area (Å²) in [6, 6.07) is 5.65. The third-order valence-electron chi connectivity index (χ3n) is 2.15. The normalized spacial score (nSPS) is 10.1. The Morgan fingerprint density at radius 3 is 2.86 bits per heavy atom. The van der Waals surface area contributed by atoms with E-state index in [0.717, 1.165) is 12.2 Å². The van der Waals surface area contributed by atoms with Crippen LogP contribution in [0.25, 0.3) is 0 Å². The summed E-state index contributed by atoms with van der Waals surface area (Å²) in [4.78, 5) is 0. The molecular weight excluding hydrogens is 196 g/mol. The molecule has 0 amide bonds. The Kier molecular flexibility index (Phi) is 4.60. The van der Waals surface area contributed by atoms with E-state index in [1.54, 1.807) is 6.07 Å². The first-order chi connectivity index (χ1) is 6.75. The molecule has 1 rings (SSSR count). The molecule has 78 valence electrons. The van der Waals surface area contributed by atoms with Crippen molar-refractivity contribution in [3.05, 3.63) is 23.2 Å². The summed E-state index contributed by atoms with van der Waals surface area (Å²) < 4.78 is 0. The Hall–Kier alpha value is -0.890. The molecule has 0 aromatic heterocycles. The second-order valence-electron chi connectivity index (χ2n) is 3.33. The Balaban J connectivity index is 2.46. The SMILES string of the molecule is CCCCCNc1cccc(Cl)c1N. The number of halogens is 1. The molecule has 0 aliphatic rings. The third-order valence-corrected chi connectivity index (χ3v) is 2.48. The van der Waals surface area contributed by atoms with Crippen LogP contribution in [0.2, 0.25) is 5.02 Å². The van der Waals surface area contributed by atoms with E-state index in [9.17, 15) is 0 Å². The lowest BCUT2D eigenvalue weighted by atomic mass is 10.2. The van der Waals surface area contributed by atoms with Gasteiger partial charge in [-0.15, -0.1) is 0 Å². The van der Waals surface area contributed by atoms with Gasteiger partial charge in [0, 0.05) is 6.54 Å². The van der Waals surface area contributed by atoms with Crippen molar-refractivity contribution < 1.29 is 0 Å². The van der Waals surface area contributed by atoms with Crippen LogP contribution < -0.4 is 11.1 Å². The first kappa shape index (κ1) is 11.2. The number of para-hydroxylation sites is 1. The largest absolute Gasteiger partial charge is 0.396 e. The second-order valence-corrected chi connectivity index (χ2v) is 3.74. The summed E-state index contributed by atoms with van der Waals surface area (Å²) in [6.07, 6.45) is 3.64. The number of rotatable bonds is 5. The Bertz CT molecular complexity index is 287. The first-order valence-electron chi connectivity index (χ1n) is 5.03. The van der Waals surface area contributed by atoms with Gasteiger partial charge in [0.05, 0.1) is 16.4 Å². The minimum absolute atomic E-state index is 0.616. The van der Waals surface area contributed by atoms with Gasteiger partial charge >= 0.3 is 0 Å². The highest BCUT2D eigenvalue weighted by molar-refractivity contribution is 6.33. The van der Waals surface area contributed by atoms with E-state index in [-0.39, 0.29) is 0 Å². The maximum Gasteiger partial charge on any atom is 0.0739 e. The molecule has 2 nitrogen and oxygen atoms in total. The molecule has 1 aromatic carbocycles. The van der Waals surface area contributed by atoms with E-state index in [1.807, 2.05) is 12.1 Å². The fourth-order valence-electron chi connectivity index (χ4n) is 1.29. The number of hydrogen-bond donors (Lipinski definition) is 2. The summed E-state index contributed by atoms with van der Waals surface area (Å²) in [5.41, 5.74) is 7.39. The van der Waals surface area contributed by atoms with Gasteiger partial charge < -0.3 is 11.1 Å². The van der Waals surface area contributed by atoms with Gasteiger partial charge in [-0.25, -0.2) is 0 Å². The Labute approximate surface area is 90.4 Å². The molecule has 0 saturated heterocycles. The number of unbranched alkanes of at least 4 members (excludes halogenated alkanes) is 2. The number of hydrogen-bond acceptors (Lipinski definition) is 2. The fraction of sp³-hybridized carbons (Fsp3) is 0.455. The Morgan fingerprint density at radius 2 is 2.14 bits per heavy atom. The molecule has 0 spiro atoms. The first-order valence-corrected chi connectivity index (χ1v) is 5.41. The summed E-state index contributed by atoms with van der Waals surface area (Å²) in [7, 11) is 0. The smallest absolute Gasteiger partial charge is 0.0739 e. The summed E-state index contributed by atoms with van der Waals surface area (Å²) in [6.45, 7) is 3.14. The monoisotopic (exact) mass is 212 g/mol. The van der Waals surface area contributed by atoms with Gasteiger partial charge in [0.1, 0.15) is 0 Å². The molecule has 0 atom stereocenters. The molecule has 0 bridgehead atoms. The minimum atomic E-state index is 0.616. The quantitative estimate of drug-likeness (QED) is 0.579. The van der Waals surface area contributed by atoms with Crippen LogP contribution in [-0.2, 0) is 0 Å². The van der Waals surface area contributed by atoms with Crippen molar-refractivity contribution in [1.29, 1.82) is 0 Å². The molecular formula is C11H17ClN2. The lowest BCUT2D eigenvalue weighted by Gasteiger charge is -2.09. The Morgan fingerprint density at radius 1 is 1.36 bits per heavy atom. The zero-order valence-electron chi connectivity index (χ0n) is 8.52. The van der Waals surface area contributed by atoms with E-state index < -0.39 is 0 Å². The number of nitrogen functional groups attached to an aromatic ring is 1. The zero-order valence-corrected chi connectivity index (χ0v) is 9.27. The van der Waals surface area contributed by atoms with Crippen LogP contribution in [0.5, 0.6) is 0 Å². The predicted octanol–water partition coefficient (Wildman–Crippen LogP) is 3.52. The molecule has 0 fully saturated rings. The average Bonchev–Trinajstić information content (AvgIpc) is 2.19.